The fraction of sp³-hybridized carbons (Fsp3) is 0.196. The summed E-state index contributed by atoms with van der Waals surface area (Å²) in [4.78, 5) is 69.5. The predicted molar refractivity (Wildman–Crippen MR) is 509 cm³/mol. The molecule has 0 bridgehead atoms. The summed E-state index contributed by atoms with van der Waals surface area (Å²) in [5.41, 5.74) is 5.24. The van der Waals surface area contributed by atoms with Crippen molar-refractivity contribution < 1.29 is 105 Å². The summed E-state index contributed by atoms with van der Waals surface area (Å²) in [6.45, 7) is 34.7. The van der Waals surface area contributed by atoms with Crippen LogP contribution in [0.4, 0.5) is 0 Å². The molecule has 4 aromatic carbocycles. The summed E-state index contributed by atoms with van der Waals surface area (Å²) >= 11 is 0. The molecular weight excluding hydrogens is 2730 g/mol. The van der Waals surface area contributed by atoms with Crippen LogP contribution in [-0.2, 0) is 116 Å². The standard InChI is InChI=1S/C22H28N10Si.C20H18N4Si.C20H16N4Si.C16H14N8Si.C14H12N10Si.5Pt/c1-21(2,3)17-25-13-31(29-17)19-23-11-9-15(27-19)33(7,8)16-10-12-24-20(28-16)32-14-26-18(30-32)22(4,5)6;1-25(2,19-9-3-7-17(15-19)23-13-5-11-21-23)20-10-4-8-18(16-20)24-14-6-12-22-24;1-25(2,17-7-3-5-15(13-17)19-9-11-21-23-19)18-8-4-6-16(14-18)20-10-12-22-24-20;1-25(2,15-7-3-5-13(21-15)23-11-17-9-19-23)16-8-4-6-14(22-16)24-12-18-10-20-24;1-25(2,11-3-5-17-13(21-11)23-9-15-7-19-23)12-4-6-18-14(22-12)24-10-16-8-20-24;;;;;/h9-12H,1-8H3;3-14H,1-2H3;3-12H,1-2H3;3-10H,1-2H3;3-8H,1-2H3;;;;;/q2*-2;-4;2*-2;4*+2;+4. The number of nitrogens with zero attached hydrogens (tertiary/aromatic N) is 36. The third-order valence-electron chi connectivity index (χ3n) is 21.6. The van der Waals surface area contributed by atoms with Crippen LogP contribution in [0, 0.1) is 62.2 Å². The van der Waals surface area contributed by atoms with Crippen molar-refractivity contribution in [1.29, 1.82) is 0 Å². The van der Waals surface area contributed by atoms with Crippen LogP contribution >= 0.6 is 0 Å². The summed E-state index contributed by atoms with van der Waals surface area (Å²) in [6, 6.07) is 66.3. The first-order valence-corrected chi connectivity index (χ1v) is 57.1. The molecule has 0 spiro atoms. The number of hydrogen-bond acceptors (Lipinski definition) is 26. The fourth-order valence-corrected chi connectivity index (χ4v) is 24.0. The van der Waals surface area contributed by atoms with E-state index in [0.29, 0.717) is 47.1 Å². The molecule has 0 unspecified atom stereocenters. The molecule has 0 aliphatic heterocycles. The van der Waals surface area contributed by atoms with E-state index in [1.165, 1.54) is 74.1 Å². The Morgan fingerprint density at radius 1 is 0.290 bits per heavy atom. The van der Waals surface area contributed by atoms with Crippen molar-refractivity contribution in [1.82, 2.24) is 178 Å². The summed E-state index contributed by atoms with van der Waals surface area (Å²) < 4.78 is 12.6. The van der Waals surface area contributed by atoms with Gasteiger partial charge in [0.15, 0.2) is 24.2 Å². The Balaban J connectivity index is 0.000000165. The smallest absolute Gasteiger partial charge is 0.619 e. The van der Waals surface area contributed by atoms with Crippen molar-refractivity contribution in [3.8, 4) is 69.3 Å². The van der Waals surface area contributed by atoms with Gasteiger partial charge in [-0.2, -0.15) is 68.1 Å². The molecule has 706 valence electrons. The first-order valence-electron chi connectivity index (χ1n) is 42.1. The minimum atomic E-state index is -2.30. The van der Waals surface area contributed by atoms with Gasteiger partial charge in [0.2, 0.25) is 0 Å². The van der Waals surface area contributed by atoms with Crippen molar-refractivity contribution in [3.63, 3.8) is 0 Å². The quantitative estimate of drug-likeness (QED) is 0.0717. The van der Waals surface area contributed by atoms with E-state index in [1.54, 1.807) is 49.6 Å². The molecule has 138 heavy (non-hydrogen) atoms. The number of aromatic nitrogens is 36. The van der Waals surface area contributed by atoms with Crippen molar-refractivity contribution in [2.75, 3.05) is 0 Å². The molecule has 20 rings (SSSR count). The van der Waals surface area contributed by atoms with Gasteiger partial charge in [-0.15, -0.1) is 83.2 Å². The molecule has 46 heteroatoms. The van der Waals surface area contributed by atoms with Crippen LogP contribution in [0.5, 0.6) is 0 Å². The largest absolute Gasteiger partial charge is 4.00 e. The average Bonchev–Trinajstić information content (AvgIpc) is 1.33. The molecule has 0 aliphatic rings. The van der Waals surface area contributed by atoms with Crippen LogP contribution in [0.2, 0.25) is 65.5 Å². The fourth-order valence-electron chi connectivity index (χ4n) is 13.5. The molecule has 36 nitrogen and oxygen atoms in total. The molecule has 0 saturated heterocycles. The first-order chi connectivity index (χ1) is 63.9. The zero-order valence-electron chi connectivity index (χ0n) is 77.3. The van der Waals surface area contributed by atoms with Gasteiger partial charge in [-0.1, -0.05) is 131 Å². The van der Waals surface area contributed by atoms with E-state index < -0.39 is 40.4 Å². The van der Waals surface area contributed by atoms with E-state index in [1.807, 2.05) is 131 Å². The van der Waals surface area contributed by atoms with Gasteiger partial charge >= 0.3 is 105 Å². The normalized spacial score (nSPS) is 11.5. The van der Waals surface area contributed by atoms with E-state index in [9.17, 15) is 0 Å². The van der Waals surface area contributed by atoms with Crippen LogP contribution in [0.3, 0.4) is 0 Å². The number of benzene rings is 4. The van der Waals surface area contributed by atoms with E-state index >= 15 is 0 Å². The second-order valence-corrected chi connectivity index (χ2v) is 56.4. The van der Waals surface area contributed by atoms with Gasteiger partial charge in [-0.05, 0) is 83.1 Å². The SMILES string of the molecule is CC(C)(C)c1n[c-]n(-c2nccc([Si](C)(C)c3ccnc(-n4[c-]nc(C(C)(C)C)n4)n3)n2)n1.C[Si](C)(c1[c-]c(-c2ccn[n-]2)ccc1)c1[c-]c(-c2ccn[n-]2)ccc1.C[Si](C)(c1[c-]c(-n2cccn2)ccc1)c1[c-]c(-n2cccn2)ccc1.C[Si](C)(c1cccc(-n2[c-]ncn2)n1)c1cccc(-n2[c-]ncn2)n1.C[Si](C)(c1ccnc(-n2[c-]ncn2)n1)c1ccnc(-n2[c-]ncn2)n1.[Pt+2].[Pt+2].[Pt+2].[Pt+2].[Pt+4]. The number of hydrogen-bond donors (Lipinski definition) is 0. The predicted octanol–water partition coefficient (Wildman–Crippen LogP) is 4.97. The molecule has 16 heterocycles. The van der Waals surface area contributed by atoms with Crippen molar-refractivity contribution in [2.24, 2.45) is 0 Å². The maximum atomic E-state index is 4.80. The summed E-state index contributed by atoms with van der Waals surface area (Å²) in [5, 5.41) is 60.5. The van der Waals surface area contributed by atoms with Crippen LogP contribution in [0.1, 0.15) is 53.2 Å². The van der Waals surface area contributed by atoms with Gasteiger partial charge in [0.05, 0.1) is 39.4 Å². The third kappa shape index (κ3) is 24.9. The van der Waals surface area contributed by atoms with E-state index in [2.05, 4.69) is 339 Å². The second-order valence-electron chi connectivity index (χ2n) is 34.9. The Morgan fingerprint density at radius 3 is 0.899 bits per heavy atom. The molecular formula is C92H88N36Pt5Si5. The molecule has 0 atom stereocenters. The Kier molecular flexibility index (Phi) is 35.4. The topological polar surface area (TPSA) is 403 Å². The maximum Gasteiger partial charge on any atom is 4.00 e. The molecule has 0 aliphatic carbocycles. The minimum absolute atomic E-state index is 0. The van der Waals surface area contributed by atoms with Gasteiger partial charge in [0.25, 0.3) is 0 Å². The van der Waals surface area contributed by atoms with Crippen LogP contribution in [0.25, 0.3) is 69.3 Å². The molecule has 16 aromatic heterocycles. The van der Waals surface area contributed by atoms with Crippen LogP contribution in [0.15, 0.2) is 245 Å². The molecule has 0 radical (unpaired) electrons. The maximum absolute atomic E-state index is 4.80. The monoisotopic (exact) mass is 2810 g/mol. The summed E-state index contributed by atoms with van der Waals surface area (Å²) in [6.07, 6.45) is 40.1. The Labute approximate surface area is 874 Å². The van der Waals surface area contributed by atoms with E-state index in [4.69, 9.17) is 19.9 Å². The first kappa shape index (κ1) is 106. The summed E-state index contributed by atoms with van der Waals surface area (Å²) in [5.74, 6) is 4.48. The van der Waals surface area contributed by atoms with Crippen molar-refractivity contribution in [3.05, 3.63) is 319 Å². The van der Waals surface area contributed by atoms with E-state index in [-0.39, 0.29) is 116 Å². The zero-order chi connectivity index (χ0) is 93.1. The zero-order valence-corrected chi connectivity index (χ0v) is 93.6. The summed E-state index contributed by atoms with van der Waals surface area (Å²) in [7, 11) is -10.5. The van der Waals surface area contributed by atoms with Gasteiger partial charge in [-0.3, -0.25) is 49.2 Å². The molecule has 20 aromatic rings. The molecule has 0 amide bonds. The van der Waals surface area contributed by atoms with Gasteiger partial charge < -0.3 is 88.4 Å². The Hall–Kier alpha value is -12.3. The number of rotatable bonds is 20. The Bertz CT molecular complexity index is 6120. The van der Waals surface area contributed by atoms with Gasteiger partial charge in [0, 0.05) is 145 Å². The minimum Gasteiger partial charge on any atom is -0.619 e. The molecule has 0 saturated carbocycles. The van der Waals surface area contributed by atoms with Crippen LogP contribution < -0.4 is 62.8 Å². The third-order valence-corrected chi connectivity index (χ3v) is 37.6. The van der Waals surface area contributed by atoms with Crippen molar-refractivity contribution >= 4 is 93.0 Å². The van der Waals surface area contributed by atoms with Gasteiger partial charge in [-0.25, -0.2) is 42.0 Å². The molecule has 0 fully saturated rings. The Morgan fingerprint density at radius 2 is 0.601 bits per heavy atom. The molecule has 0 N–H and O–H groups in total. The van der Waals surface area contributed by atoms with Crippen molar-refractivity contribution in [2.45, 2.75) is 118 Å². The second kappa shape index (κ2) is 46.0. The van der Waals surface area contributed by atoms with Crippen LogP contribution in [-0.4, -0.2) is 209 Å². The van der Waals surface area contributed by atoms with Gasteiger partial charge in [0.1, 0.15) is 23.8 Å². The van der Waals surface area contributed by atoms with E-state index in [0.717, 1.165) is 65.8 Å². The average molecular weight is 2810 g/mol. The number of pyridine rings is 2.